The summed E-state index contributed by atoms with van der Waals surface area (Å²) in [5.41, 5.74) is 2.68. The molecule has 1 aromatic heterocycles. The minimum absolute atomic E-state index is 0.0367. The van der Waals surface area contributed by atoms with E-state index in [1.165, 1.54) is 5.56 Å². The van der Waals surface area contributed by atoms with Gasteiger partial charge in [0.1, 0.15) is 6.54 Å². The van der Waals surface area contributed by atoms with Gasteiger partial charge in [-0.1, -0.05) is 48.5 Å². The summed E-state index contributed by atoms with van der Waals surface area (Å²) in [6, 6.07) is 17.7. The molecule has 3 aromatic rings. The van der Waals surface area contributed by atoms with E-state index in [0.29, 0.717) is 19.6 Å². The molecule has 1 amide bonds. The van der Waals surface area contributed by atoms with Gasteiger partial charge in [-0.15, -0.1) is 6.58 Å². The van der Waals surface area contributed by atoms with Crippen LogP contribution in [0.4, 0.5) is 0 Å². The number of carbonyl (C=O) groups excluding carboxylic acids is 1. The van der Waals surface area contributed by atoms with Crippen molar-refractivity contribution < 1.29 is 4.79 Å². The third-order valence-electron chi connectivity index (χ3n) is 4.75. The fourth-order valence-corrected chi connectivity index (χ4v) is 3.35. The predicted octanol–water partition coefficient (Wildman–Crippen LogP) is 3.08. The summed E-state index contributed by atoms with van der Waals surface area (Å²) in [6.07, 6.45) is 2.49. The maximum atomic E-state index is 12.9. The first kappa shape index (κ1) is 18.7. The smallest absolute Gasteiger partial charge is 0.329 e. The average Bonchev–Trinajstić information content (AvgIpc) is 2.97. The zero-order chi connectivity index (χ0) is 19.2. The predicted molar refractivity (Wildman–Crippen MR) is 109 cm³/mol. The lowest BCUT2D eigenvalue weighted by molar-refractivity contribution is -0.131. The molecule has 1 heterocycles. The minimum atomic E-state index is -0.145. The van der Waals surface area contributed by atoms with Crippen molar-refractivity contribution in [2.75, 3.05) is 13.1 Å². The number of nitrogens with zero attached hydrogens (tertiary/aromatic N) is 3. The molecule has 0 aliphatic heterocycles. The van der Waals surface area contributed by atoms with E-state index in [2.05, 4.69) is 18.7 Å². The van der Waals surface area contributed by atoms with Crippen molar-refractivity contribution in [2.45, 2.75) is 26.4 Å². The van der Waals surface area contributed by atoms with E-state index < -0.39 is 0 Å². The number of hydrogen-bond donors (Lipinski definition) is 0. The van der Waals surface area contributed by atoms with E-state index in [9.17, 15) is 9.59 Å². The fraction of sp³-hybridized carbons (Fsp3) is 0.273. The van der Waals surface area contributed by atoms with Crippen LogP contribution in [0.25, 0.3) is 11.0 Å². The molecule has 0 saturated heterocycles. The highest BCUT2D eigenvalue weighted by Crippen LogP contribution is 2.13. The molecule has 0 aliphatic carbocycles. The van der Waals surface area contributed by atoms with Crippen LogP contribution in [0.2, 0.25) is 0 Å². The van der Waals surface area contributed by atoms with Gasteiger partial charge in [0.15, 0.2) is 0 Å². The molecule has 3 rings (SSSR count). The maximum absolute atomic E-state index is 12.9. The summed E-state index contributed by atoms with van der Waals surface area (Å²) in [6.45, 7) is 7.37. The summed E-state index contributed by atoms with van der Waals surface area (Å²) in [5, 5.41) is 0. The molecule has 0 aliphatic rings. The summed E-state index contributed by atoms with van der Waals surface area (Å²) >= 11 is 0. The molecule has 0 unspecified atom stereocenters. The van der Waals surface area contributed by atoms with Crippen LogP contribution in [0, 0.1) is 0 Å². The molecule has 0 atom stereocenters. The van der Waals surface area contributed by atoms with E-state index in [4.69, 9.17) is 0 Å². The van der Waals surface area contributed by atoms with E-state index in [-0.39, 0.29) is 18.1 Å². The molecule has 5 nitrogen and oxygen atoms in total. The SMILES string of the molecule is C=CCN(CCc1ccccc1)C(=O)Cn1c(=O)n(CC)c2ccccc21. The van der Waals surface area contributed by atoms with Gasteiger partial charge < -0.3 is 4.90 Å². The lowest BCUT2D eigenvalue weighted by atomic mass is 10.1. The Bertz CT molecular complexity index is 986. The van der Waals surface area contributed by atoms with Crippen LogP contribution in [0.3, 0.4) is 0 Å². The highest BCUT2D eigenvalue weighted by atomic mass is 16.2. The molecule has 0 radical (unpaired) electrons. The number of benzene rings is 2. The number of aryl methyl sites for hydroxylation is 1. The summed E-state index contributed by atoms with van der Waals surface area (Å²) in [5.74, 6) is -0.0769. The van der Waals surface area contributed by atoms with Crippen molar-refractivity contribution in [3.63, 3.8) is 0 Å². The molecule has 0 saturated carbocycles. The monoisotopic (exact) mass is 363 g/mol. The van der Waals surface area contributed by atoms with Crippen molar-refractivity contribution in [2.24, 2.45) is 0 Å². The highest BCUT2D eigenvalue weighted by Gasteiger charge is 2.18. The molecule has 0 bridgehead atoms. The van der Waals surface area contributed by atoms with Gasteiger partial charge in [-0.05, 0) is 31.0 Å². The molecule has 0 spiro atoms. The van der Waals surface area contributed by atoms with Gasteiger partial charge in [-0.2, -0.15) is 0 Å². The minimum Gasteiger partial charge on any atom is -0.337 e. The van der Waals surface area contributed by atoms with E-state index in [1.807, 2.05) is 49.4 Å². The van der Waals surface area contributed by atoms with Gasteiger partial charge in [0.2, 0.25) is 5.91 Å². The number of aromatic nitrogens is 2. The van der Waals surface area contributed by atoms with Crippen molar-refractivity contribution in [1.29, 1.82) is 0 Å². The van der Waals surface area contributed by atoms with Crippen molar-refractivity contribution in [1.82, 2.24) is 14.0 Å². The lowest BCUT2D eigenvalue weighted by Gasteiger charge is -2.21. The Balaban J connectivity index is 1.82. The Morgan fingerprint density at radius 3 is 2.30 bits per heavy atom. The third-order valence-corrected chi connectivity index (χ3v) is 4.75. The van der Waals surface area contributed by atoms with Crippen molar-refractivity contribution >= 4 is 16.9 Å². The van der Waals surface area contributed by atoms with Gasteiger partial charge in [-0.3, -0.25) is 13.9 Å². The van der Waals surface area contributed by atoms with Gasteiger partial charge in [0, 0.05) is 19.6 Å². The molecule has 5 heteroatoms. The molecule has 140 valence electrons. The van der Waals surface area contributed by atoms with Crippen LogP contribution >= 0.6 is 0 Å². The van der Waals surface area contributed by atoms with Gasteiger partial charge >= 0.3 is 5.69 Å². The molecule has 2 aromatic carbocycles. The van der Waals surface area contributed by atoms with E-state index >= 15 is 0 Å². The zero-order valence-electron chi connectivity index (χ0n) is 15.7. The number of fused-ring (bicyclic) bond motifs is 1. The number of rotatable bonds is 8. The second-order valence-electron chi connectivity index (χ2n) is 6.47. The topological polar surface area (TPSA) is 47.2 Å². The summed E-state index contributed by atoms with van der Waals surface area (Å²) in [7, 11) is 0. The molecular formula is C22H25N3O2. The number of carbonyl (C=O) groups is 1. The fourth-order valence-electron chi connectivity index (χ4n) is 3.35. The first-order valence-electron chi connectivity index (χ1n) is 9.26. The van der Waals surface area contributed by atoms with Crippen LogP contribution in [0.15, 0.2) is 72.0 Å². The summed E-state index contributed by atoms with van der Waals surface area (Å²) < 4.78 is 3.27. The average molecular weight is 363 g/mol. The second kappa shape index (κ2) is 8.54. The third kappa shape index (κ3) is 4.03. The normalized spacial score (nSPS) is 10.9. The van der Waals surface area contributed by atoms with Gasteiger partial charge in [0.05, 0.1) is 11.0 Å². The summed E-state index contributed by atoms with van der Waals surface area (Å²) in [4.78, 5) is 27.4. The largest absolute Gasteiger partial charge is 0.337 e. The van der Waals surface area contributed by atoms with Crippen molar-refractivity contribution in [3.05, 3.63) is 83.3 Å². The second-order valence-corrected chi connectivity index (χ2v) is 6.47. The molecule has 0 fully saturated rings. The standard InChI is InChI=1S/C22H25N3O2/c1-3-15-23(16-14-18-10-6-5-7-11-18)21(26)17-25-20-13-9-8-12-19(20)24(4-2)22(25)27/h3,5-13H,1,4,14-17H2,2H3. The van der Waals surface area contributed by atoms with Crippen molar-refractivity contribution in [3.8, 4) is 0 Å². The molecule has 0 N–H and O–H groups in total. The van der Waals surface area contributed by atoms with Gasteiger partial charge in [0.25, 0.3) is 0 Å². The van der Waals surface area contributed by atoms with Crippen LogP contribution in [-0.4, -0.2) is 33.0 Å². The zero-order valence-corrected chi connectivity index (χ0v) is 15.7. The Morgan fingerprint density at radius 1 is 1.04 bits per heavy atom. The molecule has 27 heavy (non-hydrogen) atoms. The number of para-hydroxylation sites is 2. The first-order valence-corrected chi connectivity index (χ1v) is 9.26. The van der Waals surface area contributed by atoms with E-state index in [1.54, 1.807) is 20.1 Å². The Labute approximate surface area is 159 Å². The number of amides is 1. The van der Waals surface area contributed by atoms with E-state index in [0.717, 1.165) is 17.5 Å². The number of hydrogen-bond acceptors (Lipinski definition) is 2. The Kier molecular flexibility index (Phi) is 5.91. The Hall–Kier alpha value is -3.08. The Morgan fingerprint density at radius 2 is 1.67 bits per heavy atom. The first-order chi connectivity index (χ1) is 13.2. The lowest BCUT2D eigenvalue weighted by Crippen LogP contribution is -2.38. The van der Waals surface area contributed by atoms with Crippen LogP contribution in [0.5, 0.6) is 0 Å². The number of imidazole rings is 1. The highest BCUT2D eigenvalue weighted by molar-refractivity contribution is 5.81. The quantitative estimate of drug-likeness (QED) is 0.578. The maximum Gasteiger partial charge on any atom is 0.329 e. The molecular weight excluding hydrogens is 338 g/mol. The van der Waals surface area contributed by atoms with Crippen LogP contribution < -0.4 is 5.69 Å². The van der Waals surface area contributed by atoms with Gasteiger partial charge in [-0.25, -0.2) is 4.79 Å². The van der Waals surface area contributed by atoms with Crippen LogP contribution in [0.1, 0.15) is 12.5 Å². The van der Waals surface area contributed by atoms with Crippen LogP contribution in [-0.2, 0) is 24.3 Å².